The van der Waals surface area contributed by atoms with E-state index in [-0.39, 0.29) is 5.92 Å². The molecule has 1 saturated heterocycles. The van der Waals surface area contributed by atoms with Crippen molar-refractivity contribution in [3.8, 4) is 0 Å². The highest BCUT2D eigenvalue weighted by molar-refractivity contribution is 5.25. The largest absolute Gasteiger partial charge is 0.425 e. The Balaban J connectivity index is 1.34. The Hall–Kier alpha value is -1.89. The first kappa shape index (κ1) is 16.6. The van der Waals surface area contributed by atoms with Crippen molar-refractivity contribution < 1.29 is 17.6 Å². The second kappa shape index (κ2) is 6.44. The minimum atomic E-state index is -4.29. The molecule has 0 spiro atoms. The summed E-state index contributed by atoms with van der Waals surface area (Å²) in [6, 6.07) is 5.58. The lowest BCUT2D eigenvalue weighted by molar-refractivity contribution is -0.137. The number of piperidine rings is 1. The average molecular weight is 351 g/mol. The van der Waals surface area contributed by atoms with Crippen molar-refractivity contribution in [1.29, 1.82) is 0 Å². The standard InChI is InChI=1S/C18H20F3N3O/c19-18(20,21)15-3-1-2-12(10-15)11-24-8-6-14(7-9-24)17-23-22-16(25-17)13-4-5-13/h1-3,10,13-14H,4-9,11H2. The zero-order chi connectivity index (χ0) is 17.4. The van der Waals surface area contributed by atoms with Crippen molar-refractivity contribution in [2.45, 2.75) is 50.2 Å². The Morgan fingerprint density at radius 1 is 1.00 bits per heavy atom. The highest BCUT2D eigenvalue weighted by atomic mass is 19.4. The molecule has 2 aliphatic rings. The quantitative estimate of drug-likeness (QED) is 0.821. The van der Waals surface area contributed by atoms with E-state index < -0.39 is 11.7 Å². The summed E-state index contributed by atoms with van der Waals surface area (Å²) in [5.74, 6) is 2.21. The number of halogens is 3. The second-order valence-electron chi connectivity index (χ2n) is 7.00. The zero-order valence-electron chi connectivity index (χ0n) is 13.8. The predicted octanol–water partition coefficient (Wildman–Crippen LogP) is 4.35. The first-order chi connectivity index (χ1) is 12.0. The average Bonchev–Trinajstić information content (AvgIpc) is 3.32. The van der Waals surface area contributed by atoms with Gasteiger partial charge < -0.3 is 4.42 Å². The van der Waals surface area contributed by atoms with E-state index in [1.54, 1.807) is 6.07 Å². The van der Waals surface area contributed by atoms with Crippen molar-refractivity contribution in [3.63, 3.8) is 0 Å². The van der Waals surface area contributed by atoms with Gasteiger partial charge in [-0.3, -0.25) is 4.90 Å². The van der Waals surface area contributed by atoms with Crippen LogP contribution in [-0.2, 0) is 12.7 Å². The minimum Gasteiger partial charge on any atom is -0.425 e. The van der Waals surface area contributed by atoms with Crippen LogP contribution < -0.4 is 0 Å². The topological polar surface area (TPSA) is 42.2 Å². The van der Waals surface area contributed by atoms with Crippen molar-refractivity contribution in [2.24, 2.45) is 0 Å². The molecule has 0 unspecified atom stereocenters. The van der Waals surface area contributed by atoms with Gasteiger partial charge in [-0.1, -0.05) is 18.2 Å². The van der Waals surface area contributed by atoms with E-state index in [4.69, 9.17) is 4.42 Å². The van der Waals surface area contributed by atoms with Crippen LogP contribution in [0, 0.1) is 0 Å². The van der Waals surface area contributed by atoms with Crippen molar-refractivity contribution in [1.82, 2.24) is 15.1 Å². The molecule has 2 aromatic rings. The fraction of sp³-hybridized carbons (Fsp3) is 0.556. The first-order valence-electron chi connectivity index (χ1n) is 8.71. The molecule has 1 aliphatic heterocycles. The van der Waals surface area contributed by atoms with Gasteiger partial charge in [0.05, 0.1) is 5.56 Å². The predicted molar refractivity (Wildman–Crippen MR) is 85.0 cm³/mol. The lowest BCUT2D eigenvalue weighted by Crippen LogP contribution is -2.32. The molecular formula is C18H20F3N3O. The SMILES string of the molecule is FC(F)(F)c1cccc(CN2CCC(c3nnc(C4CC4)o3)CC2)c1. The van der Waals surface area contributed by atoms with Crippen molar-refractivity contribution >= 4 is 0 Å². The van der Waals surface area contributed by atoms with E-state index in [1.807, 2.05) is 0 Å². The van der Waals surface area contributed by atoms with E-state index in [9.17, 15) is 13.2 Å². The monoisotopic (exact) mass is 351 g/mol. The number of rotatable bonds is 4. The summed E-state index contributed by atoms with van der Waals surface area (Å²) in [6.45, 7) is 2.18. The molecule has 7 heteroatoms. The molecule has 1 aliphatic carbocycles. The van der Waals surface area contributed by atoms with Crippen LogP contribution in [0.2, 0.25) is 0 Å². The number of hydrogen-bond acceptors (Lipinski definition) is 4. The molecule has 2 fully saturated rings. The number of alkyl halides is 3. The van der Waals surface area contributed by atoms with Crippen molar-refractivity contribution in [3.05, 3.63) is 47.2 Å². The summed E-state index contributed by atoms with van der Waals surface area (Å²) in [4.78, 5) is 2.18. The maximum atomic E-state index is 12.8. The lowest BCUT2D eigenvalue weighted by Gasteiger charge is -2.30. The maximum absolute atomic E-state index is 12.8. The van der Waals surface area contributed by atoms with E-state index >= 15 is 0 Å². The van der Waals surface area contributed by atoms with Gasteiger partial charge in [0.25, 0.3) is 0 Å². The fourth-order valence-corrected chi connectivity index (χ4v) is 3.35. The molecule has 25 heavy (non-hydrogen) atoms. The van der Waals surface area contributed by atoms with E-state index in [1.165, 1.54) is 12.1 Å². The summed E-state index contributed by atoms with van der Waals surface area (Å²) < 4.78 is 44.2. The highest BCUT2D eigenvalue weighted by Crippen LogP contribution is 2.40. The Labute approximate surface area is 144 Å². The maximum Gasteiger partial charge on any atom is 0.416 e. The Morgan fingerprint density at radius 3 is 2.24 bits per heavy atom. The minimum absolute atomic E-state index is 0.262. The van der Waals surface area contributed by atoms with Crippen LogP contribution in [0.5, 0.6) is 0 Å². The third-order valence-electron chi connectivity index (χ3n) is 4.98. The van der Waals surface area contributed by atoms with Crippen LogP contribution in [0.15, 0.2) is 28.7 Å². The molecule has 0 atom stereocenters. The molecule has 4 nitrogen and oxygen atoms in total. The Kier molecular flexibility index (Phi) is 4.27. The number of hydrogen-bond donors (Lipinski definition) is 0. The van der Waals surface area contributed by atoms with E-state index in [2.05, 4.69) is 15.1 Å². The van der Waals surface area contributed by atoms with Gasteiger partial charge in [-0.2, -0.15) is 13.2 Å². The summed E-state index contributed by atoms with van der Waals surface area (Å²) in [7, 11) is 0. The molecule has 0 bridgehead atoms. The third kappa shape index (κ3) is 3.86. The Bertz CT molecular complexity index is 731. The number of benzene rings is 1. The van der Waals surface area contributed by atoms with Gasteiger partial charge in [0.2, 0.25) is 11.8 Å². The van der Waals surface area contributed by atoms with Crippen LogP contribution >= 0.6 is 0 Å². The molecule has 0 amide bonds. The molecule has 2 heterocycles. The summed E-state index contributed by atoms with van der Waals surface area (Å²) in [6.07, 6.45) is -0.231. The van der Waals surface area contributed by atoms with Gasteiger partial charge in [0.15, 0.2) is 0 Å². The van der Waals surface area contributed by atoms with Gasteiger partial charge >= 0.3 is 6.18 Å². The first-order valence-corrected chi connectivity index (χ1v) is 8.71. The number of nitrogens with zero attached hydrogens (tertiary/aromatic N) is 3. The van der Waals surface area contributed by atoms with Gasteiger partial charge in [-0.25, -0.2) is 0 Å². The van der Waals surface area contributed by atoms with Crippen LogP contribution in [-0.4, -0.2) is 28.2 Å². The van der Waals surface area contributed by atoms with E-state index in [0.717, 1.165) is 56.6 Å². The molecule has 4 rings (SSSR count). The van der Waals surface area contributed by atoms with Crippen LogP contribution in [0.4, 0.5) is 13.2 Å². The van der Waals surface area contributed by atoms with Gasteiger partial charge in [0.1, 0.15) is 0 Å². The summed E-state index contributed by atoms with van der Waals surface area (Å²) in [5.41, 5.74) is 0.112. The normalized spacial score (nSPS) is 20.1. The molecule has 0 N–H and O–H groups in total. The van der Waals surface area contributed by atoms with Crippen molar-refractivity contribution in [2.75, 3.05) is 13.1 Å². The molecule has 134 valence electrons. The lowest BCUT2D eigenvalue weighted by atomic mass is 9.96. The fourth-order valence-electron chi connectivity index (χ4n) is 3.35. The van der Waals surface area contributed by atoms with Crippen LogP contribution in [0.25, 0.3) is 0 Å². The van der Waals surface area contributed by atoms with Gasteiger partial charge in [0, 0.05) is 18.4 Å². The zero-order valence-corrected chi connectivity index (χ0v) is 13.8. The van der Waals surface area contributed by atoms with Gasteiger partial charge in [-0.15, -0.1) is 10.2 Å². The second-order valence-corrected chi connectivity index (χ2v) is 7.00. The van der Waals surface area contributed by atoms with E-state index in [0.29, 0.717) is 18.0 Å². The molecular weight excluding hydrogens is 331 g/mol. The molecule has 1 aromatic carbocycles. The van der Waals surface area contributed by atoms with Gasteiger partial charge in [-0.05, 0) is 50.4 Å². The molecule has 0 radical (unpaired) electrons. The highest BCUT2D eigenvalue weighted by Gasteiger charge is 2.32. The summed E-state index contributed by atoms with van der Waals surface area (Å²) in [5, 5.41) is 8.32. The molecule has 1 aromatic heterocycles. The smallest absolute Gasteiger partial charge is 0.416 e. The number of likely N-dealkylation sites (tertiary alicyclic amines) is 1. The van der Waals surface area contributed by atoms with Crippen LogP contribution in [0.1, 0.15) is 60.4 Å². The number of aromatic nitrogens is 2. The van der Waals surface area contributed by atoms with Crippen LogP contribution in [0.3, 0.4) is 0 Å². The Morgan fingerprint density at radius 2 is 1.64 bits per heavy atom. The molecule has 1 saturated carbocycles. The summed E-state index contributed by atoms with van der Waals surface area (Å²) >= 11 is 0. The third-order valence-corrected chi connectivity index (χ3v) is 4.98.